The second-order valence-corrected chi connectivity index (χ2v) is 5.69. The number of methoxy groups -OCH3 is 1. The first-order chi connectivity index (χ1) is 13.8. The summed E-state index contributed by atoms with van der Waals surface area (Å²) in [6.45, 7) is 0.0764. The normalized spacial score (nSPS) is 12.2. The molecule has 0 bridgehead atoms. The average Bonchev–Trinajstić information content (AvgIpc) is 3.10. The third kappa shape index (κ3) is 6.91. The lowest BCUT2D eigenvalue weighted by atomic mass is 10.2. The Bertz CT molecular complexity index is 875. The van der Waals surface area contributed by atoms with Crippen LogP contribution in [0.1, 0.15) is 11.3 Å². The summed E-state index contributed by atoms with van der Waals surface area (Å²) in [6, 6.07) is 7.96. The molecule has 0 aliphatic heterocycles. The monoisotopic (exact) mass is 412 g/mol. The smallest absolute Gasteiger partial charge is 0.416 e. The number of hydrogen-bond acceptors (Lipinski definition) is 5. The molecule has 156 valence electrons. The quantitative estimate of drug-likeness (QED) is 0.212. The molecule has 7 nitrogen and oxygen atoms in total. The second-order valence-electron chi connectivity index (χ2n) is 5.69. The van der Waals surface area contributed by atoms with Crippen molar-refractivity contribution in [2.24, 2.45) is 5.16 Å². The zero-order chi connectivity index (χ0) is 21.3. The number of rotatable bonds is 10. The molecule has 0 saturated carbocycles. The molecule has 1 aromatic heterocycles. The van der Waals surface area contributed by atoms with Gasteiger partial charge in [0.15, 0.2) is 6.61 Å². The van der Waals surface area contributed by atoms with Gasteiger partial charge in [-0.3, -0.25) is 0 Å². The van der Waals surface area contributed by atoms with Gasteiger partial charge in [0, 0.05) is 6.20 Å². The van der Waals surface area contributed by atoms with E-state index in [1.807, 2.05) is 0 Å². The van der Waals surface area contributed by atoms with Crippen LogP contribution in [0.2, 0.25) is 0 Å². The molecule has 0 saturated heterocycles. The van der Waals surface area contributed by atoms with Gasteiger partial charge in [-0.1, -0.05) is 11.2 Å². The molecule has 0 atom stereocenters. The Kier molecular flexibility index (Phi) is 7.70. The van der Waals surface area contributed by atoms with Crippen LogP contribution in [0.25, 0.3) is 0 Å². The highest BCUT2D eigenvalue weighted by Gasteiger charge is 2.30. The summed E-state index contributed by atoms with van der Waals surface area (Å²) in [5, 5.41) is 12.9. The maximum Gasteiger partial charge on any atom is 0.416 e. The topological polar surface area (TPSA) is 82.3 Å². The van der Waals surface area contributed by atoms with Gasteiger partial charge >= 0.3 is 12.1 Å². The van der Waals surface area contributed by atoms with Gasteiger partial charge in [-0.25, -0.2) is 4.79 Å². The fourth-order valence-electron chi connectivity index (χ4n) is 2.27. The maximum absolute atomic E-state index is 12.6. The van der Waals surface area contributed by atoms with Gasteiger partial charge in [0.2, 0.25) is 0 Å². The standard InChI is InChI=1S/C19H19F3N2O5/c1-27-13-14(18(25)26)12-24-7-3-5-16(24)11-23-29-9-8-28-17-6-2-4-15(10-17)19(20,21)22/h2-7,10-11,13H,8-9,12H2,1H3,(H,25,26)/b14-13-,23-11?. The number of aromatic nitrogens is 1. The number of ether oxygens (including phenoxy) is 2. The molecule has 2 aromatic rings. The van der Waals surface area contributed by atoms with E-state index in [1.54, 1.807) is 22.9 Å². The van der Waals surface area contributed by atoms with Crippen LogP contribution in [-0.4, -0.2) is 42.2 Å². The molecular formula is C19H19F3N2O5. The number of carboxylic acids is 1. The minimum Gasteiger partial charge on any atom is -0.504 e. The van der Waals surface area contributed by atoms with Crippen molar-refractivity contribution < 1.29 is 37.4 Å². The Labute approximate surface area is 164 Å². The highest BCUT2D eigenvalue weighted by atomic mass is 19.4. The Morgan fingerprint density at radius 1 is 1.24 bits per heavy atom. The van der Waals surface area contributed by atoms with E-state index >= 15 is 0 Å². The Morgan fingerprint density at radius 3 is 2.72 bits per heavy atom. The molecule has 1 aromatic carbocycles. The van der Waals surface area contributed by atoms with E-state index in [-0.39, 0.29) is 31.1 Å². The van der Waals surface area contributed by atoms with E-state index in [9.17, 15) is 18.0 Å². The number of aliphatic carboxylic acids is 1. The summed E-state index contributed by atoms with van der Waals surface area (Å²) >= 11 is 0. The Hall–Kier alpha value is -3.43. The highest BCUT2D eigenvalue weighted by molar-refractivity contribution is 5.86. The van der Waals surface area contributed by atoms with Crippen LogP contribution in [0.5, 0.6) is 5.75 Å². The van der Waals surface area contributed by atoms with Gasteiger partial charge < -0.3 is 24.0 Å². The van der Waals surface area contributed by atoms with Crippen molar-refractivity contribution in [2.75, 3.05) is 20.3 Å². The predicted molar refractivity (Wildman–Crippen MR) is 97.6 cm³/mol. The van der Waals surface area contributed by atoms with E-state index in [4.69, 9.17) is 19.4 Å². The van der Waals surface area contributed by atoms with Crippen LogP contribution in [0, 0.1) is 0 Å². The van der Waals surface area contributed by atoms with Crippen LogP contribution >= 0.6 is 0 Å². The summed E-state index contributed by atoms with van der Waals surface area (Å²) in [5.41, 5.74) is -0.154. The van der Waals surface area contributed by atoms with Gasteiger partial charge in [-0.2, -0.15) is 13.2 Å². The fourth-order valence-corrected chi connectivity index (χ4v) is 2.27. The molecule has 0 radical (unpaired) electrons. The first kappa shape index (κ1) is 21.9. The van der Waals surface area contributed by atoms with E-state index in [0.717, 1.165) is 18.4 Å². The van der Waals surface area contributed by atoms with E-state index in [0.29, 0.717) is 5.69 Å². The number of oxime groups is 1. The lowest BCUT2D eigenvalue weighted by molar-refractivity contribution is -0.137. The SMILES string of the molecule is CO/C=C(/Cn1cccc1C=NOCCOc1cccc(C(F)(F)F)c1)C(=O)O. The summed E-state index contributed by atoms with van der Waals surface area (Å²) in [6.07, 6.45) is -0.236. The highest BCUT2D eigenvalue weighted by Crippen LogP contribution is 2.31. The van der Waals surface area contributed by atoms with Gasteiger partial charge in [-0.15, -0.1) is 0 Å². The van der Waals surface area contributed by atoms with Crippen LogP contribution < -0.4 is 4.74 Å². The van der Waals surface area contributed by atoms with Crippen LogP contribution in [0.3, 0.4) is 0 Å². The van der Waals surface area contributed by atoms with Gasteiger partial charge in [0.05, 0.1) is 43.0 Å². The maximum atomic E-state index is 12.6. The molecule has 1 N–H and O–H groups in total. The zero-order valence-corrected chi connectivity index (χ0v) is 15.4. The van der Waals surface area contributed by atoms with Crippen molar-refractivity contribution in [2.45, 2.75) is 12.7 Å². The summed E-state index contributed by atoms with van der Waals surface area (Å²) in [5.74, 6) is -1.03. The molecule has 1 heterocycles. The first-order valence-corrected chi connectivity index (χ1v) is 8.37. The number of hydrogen-bond donors (Lipinski definition) is 1. The van der Waals surface area contributed by atoms with Gasteiger partial charge in [0.25, 0.3) is 0 Å². The third-order valence-electron chi connectivity index (χ3n) is 3.60. The zero-order valence-electron chi connectivity index (χ0n) is 15.4. The van der Waals surface area contributed by atoms with Crippen LogP contribution in [0.15, 0.2) is 59.6 Å². The van der Waals surface area contributed by atoms with Crippen molar-refractivity contribution in [1.82, 2.24) is 4.57 Å². The lowest BCUT2D eigenvalue weighted by Crippen LogP contribution is -2.11. The molecule has 0 aliphatic carbocycles. The Morgan fingerprint density at radius 2 is 2.03 bits per heavy atom. The molecule has 0 aliphatic rings. The molecule has 0 unspecified atom stereocenters. The van der Waals surface area contributed by atoms with E-state index in [1.165, 1.54) is 25.5 Å². The van der Waals surface area contributed by atoms with Crippen molar-refractivity contribution in [3.05, 3.63) is 65.7 Å². The van der Waals surface area contributed by atoms with E-state index < -0.39 is 17.7 Å². The molecule has 0 spiro atoms. The van der Waals surface area contributed by atoms with Crippen LogP contribution in [0.4, 0.5) is 13.2 Å². The number of halogens is 3. The number of carbonyl (C=O) groups is 1. The summed E-state index contributed by atoms with van der Waals surface area (Å²) in [7, 11) is 1.36. The fraction of sp³-hybridized carbons (Fsp3) is 0.263. The molecule has 10 heteroatoms. The van der Waals surface area contributed by atoms with Crippen LogP contribution in [-0.2, 0) is 27.1 Å². The first-order valence-electron chi connectivity index (χ1n) is 8.37. The largest absolute Gasteiger partial charge is 0.504 e. The number of nitrogens with zero attached hydrogens (tertiary/aromatic N) is 2. The Balaban J connectivity index is 1.83. The van der Waals surface area contributed by atoms with Gasteiger partial charge in [0.1, 0.15) is 12.4 Å². The number of benzene rings is 1. The predicted octanol–water partition coefficient (Wildman–Crippen LogP) is 3.55. The molecule has 2 rings (SSSR count). The van der Waals surface area contributed by atoms with Gasteiger partial charge in [-0.05, 0) is 30.3 Å². The van der Waals surface area contributed by atoms with Crippen molar-refractivity contribution in [3.63, 3.8) is 0 Å². The molecule has 29 heavy (non-hydrogen) atoms. The minimum absolute atomic E-state index is 0.000594. The minimum atomic E-state index is -4.44. The number of carboxylic acid groups (broad SMARTS) is 1. The average molecular weight is 412 g/mol. The molecule has 0 amide bonds. The molecule has 0 fully saturated rings. The van der Waals surface area contributed by atoms with Crippen molar-refractivity contribution in [1.29, 1.82) is 0 Å². The molecular weight excluding hydrogens is 393 g/mol. The lowest BCUT2D eigenvalue weighted by Gasteiger charge is -2.09. The third-order valence-corrected chi connectivity index (χ3v) is 3.60. The number of alkyl halides is 3. The second kappa shape index (κ2) is 10.2. The van der Waals surface area contributed by atoms with E-state index in [2.05, 4.69) is 5.16 Å². The summed E-state index contributed by atoms with van der Waals surface area (Å²) in [4.78, 5) is 16.2. The van der Waals surface area contributed by atoms with Crippen molar-refractivity contribution >= 4 is 12.2 Å². The van der Waals surface area contributed by atoms with Crippen molar-refractivity contribution in [3.8, 4) is 5.75 Å². The summed E-state index contributed by atoms with van der Waals surface area (Å²) < 4.78 is 49.5.